The number of benzene rings is 1. The van der Waals surface area contributed by atoms with Crippen LogP contribution in [0.1, 0.15) is 18.4 Å². The number of hydrogen-bond acceptors (Lipinski definition) is 6. The molecule has 0 saturated carbocycles. The van der Waals surface area contributed by atoms with Crippen LogP contribution in [0.15, 0.2) is 47.5 Å². The smallest absolute Gasteiger partial charge is 0.245 e. The second-order valence-corrected chi connectivity index (χ2v) is 9.85. The Morgan fingerprint density at radius 1 is 1.12 bits per heavy atom. The maximum Gasteiger partial charge on any atom is 0.245 e. The first-order valence-electron chi connectivity index (χ1n) is 10.7. The molecule has 172 valence electrons. The molecule has 2 aromatic rings. The van der Waals surface area contributed by atoms with Gasteiger partial charge >= 0.3 is 0 Å². The highest BCUT2D eigenvalue weighted by Gasteiger charge is 2.33. The van der Waals surface area contributed by atoms with Crippen molar-refractivity contribution in [3.63, 3.8) is 0 Å². The molecule has 0 aliphatic carbocycles. The largest absolute Gasteiger partial charge is 0.378 e. The number of nitrogens with one attached hydrogen (secondary N) is 1. The van der Waals surface area contributed by atoms with Gasteiger partial charge in [-0.2, -0.15) is 4.31 Å². The van der Waals surface area contributed by atoms with Crippen molar-refractivity contribution in [2.24, 2.45) is 5.92 Å². The van der Waals surface area contributed by atoms with Crippen molar-refractivity contribution >= 4 is 21.7 Å². The Bertz CT molecular complexity index is 1050. The molecule has 1 amide bonds. The Kier molecular flexibility index (Phi) is 7.02. The molecule has 2 aliphatic heterocycles. The first-order valence-corrected chi connectivity index (χ1v) is 12.2. The van der Waals surface area contributed by atoms with E-state index in [1.807, 2.05) is 12.1 Å². The molecule has 0 bridgehead atoms. The average Bonchev–Trinajstić information content (AvgIpc) is 2.83. The second-order valence-electron chi connectivity index (χ2n) is 7.95. The summed E-state index contributed by atoms with van der Waals surface area (Å²) in [6.45, 7) is 3.68. The molecule has 1 aromatic heterocycles. The lowest BCUT2D eigenvalue weighted by Gasteiger charge is -2.30. The van der Waals surface area contributed by atoms with E-state index in [-0.39, 0.29) is 29.8 Å². The number of nitrogens with zero attached hydrogens (tertiary/aromatic N) is 3. The minimum absolute atomic E-state index is 0.0994. The number of piperidine rings is 1. The van der Waals surface area contributed by atoms with E-state index in [0.717, 1.165) is 30.5 Å². The van der Waals surface area contributed by atoms with E-state index in [2.05, 4.69) is 15.2 Å². The van der Waals surface area contributed by atoms with Crippen molar-refractivity contribution < 1.29 is 22.3 Å². The number of amides is 1. The fourth-order valence-corrected chi connectivity index (χ4v) is 5.56. The van der Waals surface area contributed by atoms with Gasteiger partial charge in [0.05, 0.1) is 13.2 Å². The summed E-state index contributed by atoms with van der Waals surface area (Å²) < 4.78 is 46.0. The molecule has 0 radical (unpaired) electrons. The molecule has 10 heteroatoms. The van der Waals surface area contributed by atoms with Crippen LogP contribution in [0.2, 0.25) is 0 Å². The molecule has 32 heavy (non-hydrogen) atoms. The summed E-state index contributed by atoms with van der Waals surface area (Å²) >= 11 is 0. The zero-order valence-corrected chi connectivity index (χ0v) is 18.6. The van der Waals surface area contributed by atoms with Crippen LogP contribution >= 0.6 is 0 Å². The van der Waals surface area contributed by atoms with E-state index in [1.165, 1.54) is 22.5 Å². The lowest BCUT2D eigenvalue weighted by molar-refractivity contribution is -0.126. The Balaban J connectivity index is 1.30. The normalized spacial score (nSPS) is 18.5. The summed E-state index contributed by atoms with van der Waals surface area (Å²) in [6.07, 6.45) is 2.53. The van der Waals surface area contributed by atoms with Crippen molar-refractivity contribution in [2.45, 2.75) is 24.3 Å². The van der Waals surface area contributed by atoms with Crippen LogP contribution in [-0.4, -0.2) is 63.0 Å². The summed E-state index contributed by atoms with van der Waals surface area (Å²) in [5.74, 6) is -0.270. The van der Waals surface area contributed by atoms with Crippen LogP contribution in [-0.2, 0) is 26.1 Å². The van der Waals surface area contributed by atoms with Crippen molar-refractivity contribution in [3.8, 4) is 0 Å². The lowest BCUT2D eigenvalue weighted by atomic mass is 9.97. The Labute approximate surface area is 187 Å². The van der Waals surface area contributed by atoms with Crippen molar-refractivity contribution in [3.05, 3.63) is 54.0 Å². The van der Waals surface area contributed by atoms with Crippen molar-refractivity contribution in [2.75, 3.05) is 44.3 Å². The summed E-state index contributed by atoms with van der Waals surface area (Å²) in [5.41, 5.74) is 0.953. The maximum absolute atomic E-state index is 14.0. The van der Waals surface area contributed by atoms with Crippen molar-refractivity contribution in [1.29, 1.82) is 0 Å². The van der Waals surface area contributed by atoms with Gasteiger partial charge in [0.15, 0.2) is 0 Å². The third-order valence-electron chi connectivity index (χ3n) is 5.89. The van der Waals surface area contributed by atoms with Crippen LogP contribution in [0, 0.1) is 11.7 Å². The van der Waals surface area contributed by atoms with Gasteiger partial charge in [-0.3, -0.25) is 4.79 Å². The molecule has 2 aliphatic rings. The first kappa shape index (κ1) is 22.6. The van der Waals surface area contributed by atoms with E-state index < -0.39 is 15.8 Å². The predicted octanol–water partition coefficient (Wildman–Crippen LogP) is 1.77. The Morgan fingerprint density at radius 3 is 2.56 bits per heavy atom. The highest BCUT2D eigenvalue weighted by Crippen LogP contribution is 2.25. The van der Waals surface area contributed by atoms with Gasteiger partial charge in [0.1, 0.15) is 16.5 Å². The molecular weight excluding hydrogens is 435 g/mol. The number of morpholine rings is 1. The maximum atomic E-state index is 14.0. The fraction of sp³-hybridized carbons (Fsp3) is 0.455. The number of carbonyl (C=O) groups is 1. The van der Waals surface area contributed by atoms with Gasteiger partial charge < -0.3 is 15.0 Å². The lowest BCUT2D eigenvalue weighted by Crippen LogP contribution is -2.43. The monoisotopic (exact) mass is 462 g/mol. The molecule has 1 aromatic carbocycles. The minimum Gasteiger partial charge on any atom is -0.378 e. The summed E-state index contributed by atoms with van der Waals surface area (Å²) in [7, 11) is -3.91. The van der Waals surface area contributed by atoms with Crippen LogP contribution < -0.4 is 10.2 Å². The van der Waals surface area contributed by atoms with Gasteiger partial charge in [0.2, 0.25) is 15.9 Å². The molecule has 2 fully saturated rings. The first-order chi connectivity index (χ1) is 15.4. The predicted molar refractivity (Wildman–Crippen MR) is 117 cm³/mol. The van der Waals surface area contributed by atoms with Crippen molar-refractivity contribution in [1.82, 2.24) is 14.6 Å². The number of sulfonamides is 1. The zero-order chi connectivity index (χ0) is 22.6. The molecule has 4 rings (SSSR count). The average molecular weight is 463 g/mol. The van der Waals surface area contributed by atoms with Gasteiger partial charge in [-0.25, -0.2) is 17.8 Å². The number of pyridine rings is 1. The second kappa shape index (κ2) is 9.93. The Morgan fingerprint density at radius 2 is 1.84 bits per heavy atom. The summed E-state index contributed by atoms with van der Waals surface area (Å²) in [4.78, 5) is 18.9. The quantitative estimate of drug-likeness (QED) is 0.704. The minimum atomic E-state index is -3.91. The molecule has 0 atom stereocenters. The molecule has 2 saturated heterocycles. The number of halogens is 1. The number of hydrogen-bond donors (Lipinski definition) is 1. The van der Waals surface area contributed by atoms with E-state index in [4.69, 9.17) is 4.74 Å². The fourth-order valence-electron chi connectivity index (χ4n) is 4.02. The van der Waals surface area contributed by atoms with E-state index in [9.17, 15) is 17.6 Å². The van der Waals surface area contributed by atoms with E-state index in [0.29, 0.717) is 32.6 Å². The number of ether oxygens (including phenoxy) is 1. The van der Waals surface area contributed by atoms with Gasteiger partial charge in [-0.1, -0.05) is 12.1 Å². The van der Waals surface area contributed by atoms with Gasteiger partial charge in [-0.15, -0.1) is 0 Å². The number of carbonyl (C=O) groups excluding carboxylic acids is 1. The molecule has 3 heterocycles. The molecule has 8 nitrogen and oxygen atoms in total. The van der Waals surface area contributed by atoms with Crippen LogP contribution in [0.5, 0.6) is 0 Å². The summed E-state index contributed by atoms with van der Waals surface area (Å²) in [6, 6.07) is 9.19. The summed E-state index contributed by atoms with van der Waals surface area (Å²) in [5, 5.41) is 2.96. The SMILES string of the molecule is O=C(NCc1ccnc(N2CCOCC2)c1)C1CCN(S(=O)(=O)c2ccccc2F)CC1. The molecule has 0 unspecified atom stereocenters. The topological polar surface area (TPSA) is 91.8 Å². The van der Waals surface area contributed by atoms with Gasteiger partial charge in [-0.05, 0) is 42.7 Å². The van der Waals surface area contributed by atoms with E-state index in [1.54, 1.807) is 6.20 Å². The molecule has 0 spiro atoms. The standard InChI is InChI=1S/C22H27FN4O4S/c23-19-3-1-2-4-20(19)32(29,30)27-9-6-18(7-10-27)22(28)25-16-17-5-8-24-21(15-17)26-11-13-31-14-12-26/h1-5,8,15,18H,6-7,9-14,16H2,(H,25,28). The Hall–Kier alpha value is -2.56. The van der Waals surface area contributed by atoms with Crippen LogP contribution in [0.25, 0.3) is 0 Å². The third kappa shape index (κ3) is 5.08. The van der Waals surface area contributed by atoms with Crippen LogP contribution in [0.3, 0.4) is 0 Å². The van der Waals surface area contributed by atoms with E-state index >= 15 is 0 Å². The highest BCUT2D eigenvalue weighted by molar-refractivity contribution is 7.89. The number of aromatic nitrogens is 1. The van der Waals surface area contributed by atoms with Crippen LogP contribution in [0.4, 0.5) is 10.2 Å². The molecule has 1 N–H and O–H groups in total. The third-order valence-corrected chi connectivity index (χ3v) is 7.82. The highest BCUT2D eigenvalue weighted by atomic mass is 32.2. The van der Waals surface area contributed by atoms with Gasteiger partial charge in [0.25, 0.3) is 0 Å². The number of rotatable bonds is 6. The van der Waals surface area contributed by atoms with Gasteiger partial charge in [0, 0.05) is 44.8 Å². The molecular formula is C22H27FN4O4S. The zero-order valence-electron chi connectivity index (χ0n) is 17.7. The number of anilines is 1.